The second-order valence-corrected chi connectivity index (χ2v) is 3.60. The summed E-state index contributed by atoms with van der Waals surface area (Å²) in [4.78, 5) is 24.6. The third-order valence-corrected chi connectivity index (χ3v) is 2.95. The zero-order valence-electron chi connectivity index (χ0n) is 5.97. The number of nitrogens with zero attached hydrogens (tertiary/aromatic N) is 2. The Balaban J connectivity index is -0.000000178. The van der Waals surface area contributed by atoms with Crippen molar-refractivity contribution >= 4 is 27.6 Å². The van der Waals surface area contributed by atoms with Gasteiger partial charge >= 0.3 is 23.0 Å². The molecular weight excluding hydrogens is 260 g/mol. The van der Waals surface area contributed by atoms with Crippen LogP contribution < -0.4 is 0 Å². The van der Waals surface area contributed by atoms with Gasteiger partial charge in [-0.3, -0.25) is 4.79 Å². The van der Waals surface area contributed by atoms with Gasteiger partial charge in [-0.2, -0.15) is 0 Å². The molecule has 0 aromatic carbocycles. The quantitative estimate of drug-likeness (QED) is 0.571. The number of hydrogen-bond acceptors (Lipinski definition) is 5. The Bertz CT molecular complexity index is 168. The molecule has 1 unspecified atom stereocenters. The van der Waals surface area contributed by atoms with Crippen molar-refractivity contribution in [1.29, 1.82) is 0 Å². The second kappa shape index (κ2) is 14.2. The minimum atomic E-state index is -0.753. The van der Waals surface area contributed by atoms with Crippen LogP contribution in [-0.4, -0.2) is 16.3 Å². The van der Waals surface area contributed by atoms with Gasteiger partial charge in [0.2, 0.25) is 0 Å². The minimum Gasteiger partial charge on any atom is -0.577 e. The van der Waals surface area contributed by atoms with E-state index in [1.807, 2.05) is 0 Å². The molecule has 0 spiro atoms. The summed E-state index contributed by atoms with van der Waals surface area (Å²) in [7, 11) is 2.82. The Hall–Kier alpha value is -0.371. The van der Waals surface area contributed by atoms with Gasteiger partial charge in [-0.1, -0.05) is 27.7 Å². The zero-order valence-corrected chi connectivity index (χ0v) is 8.71. The molecular formula is C4H4FeN2O4S2. The van der Waals surface area contributed by atoms with Crippen molar-refractivity contribution in [2.75, 3.05) is 0 Å². The van der Waals surface area contributed by atoms with Crippen LogP contribution in [0.1, 0.15) is 0 Å². The first-order valence-corrected chi connectivity index (χ1v) is 4.66. The average molecular weight is 264 g/mol. The zero-order chi connectivity index (χ0) is 9.98. The third kappa shape index (κ3) is 9.54. The van der Waals surface area contributed by atoms with Gasteiger partial charge in [0.15, 0.2) is 0 Å². The molecule has 9 heteroatoms. The molecule has 13 heavy (non-hydrogen) atoms. The predicted octanol–water partition coefficient (Wildman–Crippen LogP) is 1.99. The first-order chi connectivity index (χ1) is 5.80. The Labute approximate surface area is 92.3 Å². The molecule has 0 saturated carbocycles. The predicted molar refractivity (Wildman–Crippen MR) is 49.2 cm³/mol. The van der Waals surface area contributed by atoms with Gasteiger partial charge in [-0.15, -0.1) is 0 Å². The minimum absolute atomic E-state index is 0. The Kier molecular flexibility index (Phi) is 20.1. The van der Waals surface area contributed by atoms with Crippen molar-refractivity contribution in [3.05, 3.63) is 32.5 Å². The number of nitroso groups, excluding NO2 is 2. The van der Waals surface area contributed by atoms with Crippen molar-refractivity contribution in [1.82, 2.24) is 0 Å². The van der Waals surface area contributed by atoms with E-state index in [9.17, 15) is 4.79 Å². The Morgan fingerprint density at radius 2 is 1.77 bits per heavy atom. The van der Waals surface area contributed by atoms with Crippen LogP contribution in [0, 0.1) is 9.81 Å². The molecule has 1 heterocycles. The standard InChI is InChI=1S/C4H4O2S2.Fe.2NO/c5-4(6)3-1-2-7-8-3;;2*1-2/h1-3H,(H,5,6);;;/q;+2;2*-1. The topological polar surface area (TPSA) is 116 Å². The number of hydrogen-bond donors (Lipinski definition) is 1. The van der Waals surface area contributed by atoms with Crippen LogP contribution in [0.15, 0.2) is 11.5 Å². The molecule has 6 nitrogen and oxygen atoms in total. The number of aliphatic carboxylic acids is 1. The third-order valence-electron chi connectivity index (χ3n) is 0.712. The molecule has 0 aromatic rings. The largest absolute Gasteiger partial charge is 2.00 e. The van der Waals surface area contributed by atoms with Crippen LogP contribution in [0.5, 0.6) is 0 Å². The fraction of sp³-hybridized carbons (Fsp3) is 0.250. The molecule has 1 rings (SSSR count). The van der Waals surface area contributed by atoms with Gasteiger partial charge in [0, 0.05) is 0 Å². The molecule has 0 saturated heterocycles. The van der Waals surface area contributed by atoms with E-state index < -0.39 is 5.97 Å². The summed E-state index contributed by atoms with van der Waals surface area (Å²) in [5.41, 5.74) is 11.5. The molecule has 1 aliphatic rings. The first kappa shape index (κ1) is 18.4. The number of carboxylic acid groups (broad SMARTS) is 1. The Morgan fingerprint density at radius 1 is 1.31 bits per heavy atom. The molecule has 1 aliphatic heterocycles. The van der Waals surface area contributed by atoms with Crippen molar-refractivity contribution in [2.24, 2.45) is 0 Å². The van der Waals surface area contributed by atoms with Crippen molar-refractivity contribution < 1.29 is 27.0 Å². The molecule has 0 amide bonds. The van der Waals surface area contributed by atoms with E-state index in [2.05, 4.69) is 0 Å². The van der Waals surface area contributed by atoms with Crippen LogP contribution >= 0.6 is 21.6 Å². The van der Waals surface area contributed by atoms with Crippen LogP contribution in [0.2, 0.25) is 0 Å². The van der Waals surface area contributed by atoms with E-state index in [1.54, 1.807) is 11.5 Å². The maximum atomic E-state index is 10.1. The normalized spacial score (nSPS) is 16.8. The monoisotopic (exact) mass is 264 g/mol. The summed E-state index contributed by atoms with van der Waals surface area (Å²) in [6, 6.07) is 0. The van der Waals surface area contributed by atoms with Gasteiger partial charge in [-0.25, -0.2) is 0 Å². The first-order valence-electron chi connectivity index (χ1n) is 2.39. The van der Waals surface area contributed by atoms with Crippen LogP contribution in [0.4, 0.5) is 0 Å². The molecule has 0 radical (unpaired) electrons. The van der Waals surface area contributed by atoms with E-state index >= 15 is 0 Å². The average Bonchev–Trinajstić information content (AvgIpc) is 2.64. The van der Waals surface area contributed by atoms with Crippen molar-refractivity contribution in [2.45, 2.75) is 5.25 Å². The molecule has 0 aliphatic carbocycles. The molecule has 0 fully saturated rings. The molecule has 0 aromatic heterocycles. The molecule has 1 atom stereocenters. The van der Waals surface area contributed by atoms with Crippen LogP contribution in [-0.2, 0) is 21.9 Å². The fourth-order valence-corrected chi connectivity index (χ4v) is 2.26. The van der Waals surface area contributed by atoms with E-state index in [1.165, 1.54) is 21.6 Å². The van der Waals surface area contributed by atoms with E-state index in [0.717, 1.165) is 0 Å². The van der Waals surface area contributed by atoms with Crippen LogP contribution in [0.25, 0.3) is 11.2 Å². The van der Waals surface area contributed by atoms with Gasteiger partial charge in [0.1, 0.15) is 5.25 Å². The van der Waals surface area contributed by atoms with Gasteiger partial charge in [0.25, 0.3) is 0 Å². The van der Waals surface area contributed by atoms with Gasteiger partial charge in [-0.05, 0) is 5.41 Å². The summed E-state index contributed by atoms with van der Waals surface area (Å²) < 4.78 is 0. The van der Waals surface area contributed by atoms with E-state index in [-0.39, 0.29) is 22.3 Å². The number of carboxylic acids is 1. The summed E-state index contributed by atoms with van der Waals surface area (Å²) >= 11 is 0. The number of rotatable bonds is 1. The molecule has 0 bridgehead atoms. The van der Waals surface area contributed by atoms with Crippen molar-refractivity contribution in [3.63, 3.8) is 0 Å². The molecule has 74 valence electrons. The summed E-state index contributed by atoms with van der Waals surface area (Å²) in [5, 5.41) is 9.80. The fourth-order valence-electron chi connectivity index (χ4n) is 0.351. The number of carbonyl (C=O) groups is 1. The summed E-state index contributed by atoms with van der Waals surface area (Å²) in [6.45, 7) is 0. The summed E-state index contributed by atoms with van der Waals surface area (Å²) in [6.07, 6.45) is 1.68. The van der Waals surface area contributed by atoms with Crippen LogP contribution in [0.3, 0.4) is 0 Å². The maximum Gasteiger partial charge on any atom is 2.00 e. The maximum absolute atomic E-state index is 10.1. The smallest absolute Gasteiger partial charge is 0.577 e. The van der Waals surface area contributed by atoms with E-state index in [4.69, 9.17) is 26.1 Å². The second-order valence-electron chi connectivity index (χ2n) is 1.28. The molecule has 1 N–H and O–H groups in total. The van der Waals surface area contributed by atoms with Gasteiger partial charge in [0.05, 0.1) is 0 Å². The van der Waals surface area contributed by atoms with Gasteiger partial charge < -0.3 is 26.1 Å². The summed E-state index contributed by atoms with van der Waals surface area (Å²) in [5.74, 6) is -0.753. The SMILES string of the molecule is O=C(O)C1C=CSS1.[Fe+2].[N-]=O.[N-]=O. The Morgan fingerprint density at radius 3 is 1.92 bits per heavy atom. The van der Waals surface area contributed by atoms with E-state index in [0.29, 0.717) is 0 Å². The van der Waals surface area contributed by atoms with Crippen molar-refractivity contribution in [3.8, 4) is 0 Å².